The molecule has 0 aromatic carbocycles. The maximum atomic E-state index is 11.5. The van der Waals surface area contributed by atoms with Gasteiger partial charge in [0.2, 0.25) is 0 Å². The molecule has 5 nitrogen and oxygen atoms in total. The van der Waals surface area contributed by atoms with Gasteiger partial charge in [0, 0.05) is 12.4 Å². The van der Waals surface area contributed by atoms with Gasteiger partial charge in [-0.15, -0.1) is 0 Å². The number of carbonyl (C=O) groups is 1. The predicted molar refractivity (Wildman–Crippen MR) is 61.6 cm³/mol. The van der Waals surface area contributed by atoms with Crippen LogP contribution in [0.4, 0.5) is 0 Å². The molecule has 88 valence electrons. The minimum absolute atomic E-state index is 0.375. The van der Waals surface area contributed by atoms with Crippen LogP contribution < -0.4 is 0 Å². The zero-order chi connectivity index (χ0) is 12.3. The van der Waals surface area contributed by atoms with Crippen LogP contribution in [-0.4, -0.2) is 27.8 Å². The normalized spacial score (nSPS) is 10.2. The molecular weight excluding hydrogens is 218 g/mol. The summed E-state index contributed by atoms with van der Waals surface area (Å²) in [7, 11) is 1.36. The molecule has 0 amide bonds. The third kappa shape index (κ3) is 2.50. The van der Waals surface area contributed by atoms with Gasteiger partial charge in [0.25, 0.3) is 0 Å². The van der Waals surface area contributed by atoms with E-state index < -0.39 is 0 Å². The van der Waals surface area contributed by atoms with Crippen LogP contribution in [0.2, 0.25) is 0 Å². The van der Waals surface area contributed by atoms with E-state index in [1.165, 1.54) is 7.11 Å². The monoisotopic (exact) mass is 231 g/mol. The van der Waals surface area contributed by atoms with Gasteiger partial charge < -0.3 is 4.74 Å². The molecule has 17 heavy (non-hydrogen) atoms. The molecule has 0 aliphatic rings. The Kier molecular flexibility index (Phi) is 3.18. The summed E-state index contributed by atoms with van der Waals surface area (Å²) in [6.45, 7) is 2.37. The van der Waals surface area contributed by atoms with Crippen LogP contribution >= 0.6 is 0 Å². The smallest absolute Gasteiger partial charge is 0.356 e. The number of aryl methyl sites for hydroxylation is 1. The lowest BCUT2D eigenvalue weighted by Crippen LogP contribution is -2.12. The Morgan fingerprint density at radius 2 is 2.12 bits per heavy atom. The highest BCUT2D eigenvalue weighted by Gasteiger charge is 2.14. The van der Waals surface area contributed by atoms with E-state index >= 15 is 0 Å². The fraction of sp³-hybridized carbons (Fsp3) is 0.250. The van der Waals surface area contributed by atoms with Gasteiger partial charge in [-0.1, -0.05) is 0 Å². The van der Waals surface area contributed by atoms with E-state index in [4.69, 9.17) is 4.74 Å². The topological polar surface area (TPSA) is 57.0 Å². The molecular formula is C12H13N3O2. The average molecular weight is 231 g/mol. The summed E-state index contributed by atoms with van der Waals surface area (Å²) in [4.78, 5) is 15.5. The molecule has 2 aromatic rings. The minimum Gasteiger partial charge on any atom is -0.464 e. The fourth-order valence-electron chi connectivity index (χ4n) is 1.60. The second-order valence-corrected chi connectivity index (χ2v) is 3.68. The molecule has 0 radical (unpaired) electrons. The van der Waals surface area contributed by atoms with Gasteiger partial charge >= 0.3 is 5.97 Å². The first-order valence-corrected chi connectivity index (χ1v) is 5.22. The third-order valence-electron chi connectivity index (χ3n) is 2.38. The molecule has 0 N–H and O–H groups in total. The maximum Gasteiger partial charge on any atom is 0.356 e. The van der Waals surface area contributed by atoms with Crippen LogP contribution in [0, 0.1) is 6.92 Å². The van der Waals surface area contributed by atoms with Crippen LogP contribution in [-0.2, 0) is 11.3 Å². The van der Waals surface area contributed by atoms with Crippen molar-refractivity contribution in [3.05, 3.63) is 47.5 Å². The molecule has 0 saturated carbocycles. The number of esters is 1. The maximum absolute atomic E-state index is 11.5. The minimum atomic E-state index is -0.375. The number of ether oxygens (including phenoxy) is 1. The van der Waals surface area contributed by atoms with E-state index in [9.17, 15) is 4.79 Å². The number of nitrogens with zero attached hydrogens (tertiary/aromatic N) is 3. The van der Waals surface area contributed by atoms with Gasteiger partial charge in [-0.25, -0.2) is 4.79 Å². The zero-order valence-corrected chi connectivity index (χ0v) is 9.75. The molecule has 0 unspecified atom stereocenters. The molecule has 2 rings (SSSR count). The van der Waals surface area contributed by atoms with E-state index in [1.54, 1.807) is 23.1 Å². The van der Waals surface area contributed by atoms with E-state index in [0.29, 0.717) is 12.2 Å². The number of aromatic nitrogens is 3. The first-order chi connectivity index (χ1) is 8.20. The van der Waals surface area contributed by atoms with E-state index in [0.717, 1.165) is 11.3 Å². The van der Waals surface area contributed by atoms with Crippen molar-refractivity contribution in [2.75, 3.05) is 7.11 Å². The Hall–Kier alpha value is -2.17. The SMILES string of the molecule is COC(=O)c1cc(C)nn1Cc1ccncc1. The highest BCUT2D eigenvalue weighted by atomic mass is 16.5. The molecule has 0 saturated heterocycles. The summed E-state index contributed by atoms with van der Waals surface area (Å²) >= 11 is 0. The molecule has 5 heteroatoms. The first kappa shape index (κ1) is 11.3. The molecule has 0 atom stereocenters. The molecule has 0 bridgehead atoms. The number of hydrogen-bond acceptors (Lipinski definition) is 4. The molecule has 0 spiro atoms. The van der Waals surface area contributed by atoms with Crippen molar-refractivity contribution in [2.24, 2.45) is 0 Å². The number of pyridine rings is 1. The Labute approximate surface area is 99.1 Å². The van der Waals surface area contributed by atoms with Crippen molar-refractivity contribution in [1.29, 1.82) is 0 Å². The molecule has 2 aromatic heterocycles. The predicted octanol–water partition coefficient (Wildman–Crippen LogP) is 1.42. The summed E-state index contributed by atoms with van der Waals surface area (Å²) in [5.41, 5.74) is 2.29. The average Bonchev–Trinajstić information content (AvgIpc) is 2.70. The standard InChI is InChI=1S/C12H13N3O2/c1-9-7-11(12(16)17-2)15(14-9)8-10-3-5-13-6-4-10/h3-7H,8H2,1-2H3. The quantitative estimate of drug-likeness (QED) is 0.750. The van der Waals surface area contributed by atoms with Crippen LogP contribution in [0.25, 0.3) is 0 Å². The van der Waals surface area contributed by atoms with E-state index in [1.807, 2.05) is 19.1 Å². The number of methoxy groups -OCH3 is 1. The summed E-state index contributed by atoms with van der Waals surface area (Å²) in [5.74, 6) is -0.375. The summed E-state index contributed by atoms with van der Waals surface area (Å²) in [6, 6.07) is 5.49. The largest absolute Gasteiger partial charge is 0.464 e. The van der Waals surface area contributed by atoms with E-state index in [-0.39, 0.29) is 5.97 Å². The lowest BCUT2D eigenvalue weighted by Gasteiger charge is -2.05. The van der Waals surface area contributed by atoms with Crippen molar-refractivity contribution in [1.82, 2.24) is 14.8 Å². The number of rotatable bonds is 3. The summed E-state index contributed by atoms with van der Waals surface area (Å²) in [5, 5.41) is 4.27. The van der Waals surface area contributed by atoms with Crippen LogP contribution in [0.3, 0.4) is 0 Å². The fourth-order valence-corrected chi connectivity index (χ4v) is 1.60. The van der Waals surface area contributed by atoms with Gasteiger partial charge in [0.05, 0.1) is 19.3 Å². The van der Waals surface area contributed by atoms with Crippen molar-refractivity contribution in [3.63, 3.8) is 0 Å². The van der Waals surface area contributed by atoms with Gasteiger partial charge in [0.15, 0.2) is 0 Å². The molecule has 0 aliphatic heterocycles. The molecule has 2 heterocycles. The van der Waals surface area contributed by atoms with Crippen LogP contribution in [0.1, 0.15) is 21.7 Å². The number of hydrogen-bond donors (Lipinski definition) is 0. The van der Waals surface area contributed by atoms with Crippen molar-refractivity contribution < 1.29 is 9.53 Å². The van der Waals surface area contributed by atoms with Gasteiger partial charge in [-0.05, 0) is 30.7 Å². The lowest BCUT2D eigenvalue weighted by atomic mass is 10.2. The summed E-state index contributed by atoms with van der Waals surface area (Å²) in [6.07, 6.45) is 3.42. The highest BCUT2D eigenvalue weighted by Crippen LogP contribution is 2.08. The Morgan fingerprint density at radius 3 is 2.76 bits per heavy atom. The Morgan fingerprint density at radius 1 is 1.41 bits per heavy atom. The molecule has 0 fully saturated rings. The zero-order valence-electron chi connectivity index (χ0n) is 9.75. The highest BCUT2D eigenvalue weighted by molar-refractivity contribution is 5.87. The second kappa shape index (κ2) is 4.78. The Bertz CT molecular complexity index is 520. The molecule has 0 aliphatic carbocycles. The summed E-state index contributed by atoms with van der Waals surface area (Å²) < 4.78 is 6.35. The van der Waals surface area contributed by atoms with Crippen molar-refractivity contribution in [2.45, 2.75) is 13.5 Å². The van der Waals surface area contributed by atoms with Gasteiger partial charge in [0.1, 0.15) is 5.69 Å². The van der Waals surface area contributed by atoms with Crippen LogP contribution in [0.5, 0.6) is 0 Å². The van der Waals surface area contributed by atoms with Crippen molar-refractivity contribution in [3.8, 4) is 0 Å². The second-order valence-electron chi connectivity index (χ2n) is 3.68. The lowest BCUT2D eigenvalue weighted by molar-refractivity contribution is 0.0587. The third-order valence-corrected chi connectivity index (χ3v) is 2.38. The Balaban J connectivity index is 2.30. The van der Waals surface area contributed by atoms with Gasteiger partial charge in [-0.3, -0.25) is 9.67 Å². The van der Waals surface area contributed by atoms with Crippen LogP contribution in [0.15, 0.2) is 30.6 Å². The first-order valence-electron chi connectivity index (χ1n) is 5.22. The van der Waals surface area contributed by atoms with Gasteiger partial charge in [-0.2, -0.15) is 5.10 Å². The number of carbonyl (C=O) groups excluding carboxylic acids is 1. The van der Waals surface area contributed by atoms with E-state index in [2.05, 4.69) is 10.1 Å². The van der Waals surface area contributed by atoms with Crippen molar-refractivity contribution >= 4 is 5.97 Å².